The molecule has 2 aliphatic carbocycles. The van der Waals surface area contributed by atoms with Crippen molar-refractivity contribution in [2.45, 2.75) is 44.6 Å². The van der Waals surface area contributed by atoms with E-state index in [0.29, 0.717) is 5.92 Å². The normalized spacial score (nSPS) is 36.6. The average Bonchev–Trinajstić information content (AvgIpc) is 3.01. The molecule has 0 aromatic carbocycles. The van der Waals surface area contributed by atoms with Crippen LogP contribution in [0.3, 0.4) is 0 Å². The number of hydrogen-bond donors (Lipinski definition) is 0. The highest BCUT2D eigenvalue weighted by Gasteiger charge is 2.45. The largest absolute Gasteiger partial charge is 0.472 e. The van der Waals surface area contributed by atoms with E-state index in [2.05, 4.69) is 6.08 Å². The lowest BCUT2D eigenvalue weighted by molar-refractivity contribution is -0.166. The predicted octanol–water partition coefficient (Wildman–Crippen LogP) is 4.02. The lowest BCUT2D eigenvalue weighted by Crippen LogP contribution is -2.40. The number of allylic oxidation sites excluding steroid dienone is 2. The van der Waals surface area contributed by atoms with Crippen molar-refractivity contribution in [3.05, 3.63) is 35.8 Å². The lowest BCUT2D eigenvalue weighted by Gasteiger charge is -2.44. The molecule has 2 fully saturated rings. The van der Waals surface area contributed by atoms with Crippen LogP contribution in [-0.2, 0) is 9.53 Å². The molecule has 3 aliphatic rings. The molecular weight excluding hydrogens is 252 g/mol. The van der Waals surface area contributed by atoms with Gasteiger partial charge in [0.15, 0.2) is 0 Å². The fourth-order valence-electron chi connectivity index (χ4n) is 4.30. The third-order valence-electron chi connectivity index (χ3n) is 5.29. The molecule has 1 saturated carbocycles. The Kier molecular flexibility index (Phi) is 2.94. The summed E-state index contributed by atoms with van der Waals surface area (Å²) in [6, 6.07) is 1.91. The summed E-state index contributed by atoms with van der Waals surface area (Å²) in [4.78, 5) is 12.3. The number of cyclic esters (lactones) is 1. The summed E-state index contributed by atoms with van der Waals surface area (Å²) in [6.07, 6.45) is 12.5. The Balaban J connectivity index is 1.64. The van der Waals surface area contributed by atoms with E-state index >= 15 is 0 Å². The van der Waals surface area contributed by atoms with Crippen LogP contribution in [0.4, 0.5) is 0 Å². The highest BCUT2D eigenvalue weighted by molar-refractivity contribution is 5.75. The fourth-order valence-corrected chi connectivity index (χ4v) is 4.30. The van der Waals surface area contributed by atoms with Gasteiger partial charge in [0, 0.05) is 5.56 Å². The fraction of sp³-hybridized carbons (Fsp3) is 0.588. The number of fused-ring (bicyclic) bond motifs is 3. The van der Waals surface area contributed by atoms with Gasteiger partial charge in [-0.15, -0.1) is 0 Å². The van der Waals surface area contributed by atoms with Gasteiger partial charge in [0.05, 0.1) is 18.4 Å². The quantitative estimate of drug-likeness (QED) is 0.572. The average molecular weight is 272 g/mol. The molecule has 0 radical (unpaired) electrons. The van der Waals surface area contributed by atoms with Crippen LogP contribution in [0.2, 0.25) is 0 Å². The van der Waals surface area contributed by atoms with Crippen molar-refractivity contribution in [1.29, 1.82) is 0 Å². The standard InChI is InChI=1S/C17H20O3/c18-17-14-6-5-11-3-1-2-4-13(11)15(14)9-16(20-17)12-7-8-19-10-12/h4,7-8,10-11,14-16H,1-3,5-6,9H2. The predicted molar refractivity (Wildman–Crippen MR) is 73.8 cm³/mol. The molecule has 0 spiro atoms. The third kappa shape index (κ3) is 1.91. The van der Waals surface area contributed by atoms with Gasteiger partial charge in [0.2, 0.25) is 0 Å². The van der Waals surface area contributed by atoms with Crippen molar-refractivity contribution < 1.29 is 13.9 Å². The molecule has 0 amide bonds. The van der Waals surface area contributed by atoms with Crippen molar-refractivity contribution >= 4 is 5.97 Å². The van der Waals surface area contributed by atoms with E-state index in [4.69, 9.17) is 9.15 Å². The van der Waals surface area contributed by atoms with E-state index in [1.807, 2.05) is 6.07 Å². The maximum Gasteiger partial charge on any atom is 0.310 e. The molecule has 2 heterocycles. The van der Waals surface area contributed by atoms with Gasteiger partial charge < -0.3 is 9.15 Å². The smallest absolute Gasteiger partial charge is 0.310 e. The molecular formula is C17H20O3. The minimum Gasteiger partial charge on any atom is -0.472 e. The van der Waals surface area contributed by atoms with Gasteiger partial charge in [-0.25, -0.2) is 0 Å². The maximum absolute atomic E-state index is 12.3. The zero-order valence-corrected chi connectivity index (χ0v) is 11.6. The first kappa shape index (κ1) is 12.2. The van der Waals surface area contributed by atoms with Crippen LogP contribution in [0.25, 0.3) is 0 Å². The van der Waals surface area contributed by atoms with E-state index in [9.17, 15) is 4.79 Å². The molecule has 4 unspecified atom stereocenters. The maximum atomic E-state index is 12.3. The first-order valence-electron chi connectivity index (χ1n) is 7.75. The van der Waals surface area contributed by atoms with E-state index in [0.717, 1.165) is 24.3 Å². The molecule has 3 nitrogen and oxygen atoms in total. The van der Waals surface area contributed by atoms with Crippen LogP contribution in [0.1, 0.15) is 50.2 Å². The number of rotatable bonds is 1. The molecule has 106 valence electrons. The van der Waals surface area contributed by atoms with Crippen molar-refractivity contribution in [3.63, 3.8) is 0 Å². The Morgan fingerprint density at radius 2 is 2.10 bits per heavy atom. The molecule has 20 heavy (non-hydrogen) atoms. The molecule has 3 heteroatoms. The SMILES string of the molecule is O=C1OC(c2ccoc2)CC2C3=CCCCC3CCC12. The Morgan fingerprint density at radius 1 is 1.15 bits per heavy atom. The summed E-state index contributed by atoms with van der Waals surface area (Å²) in [5.41, 5.74) is 2.55. The van der Waals surface area contributed by atoms with Gasteiger partial charge in [-0.1, -0.05) is 11.6 Å². The van der Waals surface area contributed by atoms with E-state index in [1.165, 1.54) is 25.7 Å². The molecule has 4 atom stereocenters. The summed E-state index contributed by atoms with van der Waals surface area (Å²) in [5, 5.41) is 0. The van der Waals surface area contributed by atoms with Gasteiger partial charge in [0.25, 0.3) is 0 Å². The van der Waals surface area contributed by atoms with E-state index < -0.39 is 0 Å². The highest BCUT2D eigenvalue weighted by Crippen LogP contribution is 2.50. The molecule has 1 saturated heterocycles. The van der Waals surface area contributed by atoms with Crippen molar-refractivity contribution in [2.24, 2.45) is 17.8 Å². The topological polar surface area (TPSA) is 39.4 Å². The van der Waals surface area contributed by atoms with Crippen LogP contribution in [-0.4, -0.2) is 5.97 Å². The van der Waals surface area contributed by atoms with E-state index in [-0.39, 0.29) is 18.0 Å². The van der Waals surface area contributed by atoms with Gasteiger partial charge in [-0.05, 0) is 56.4 Å². The molecule has 4 rings (SSSR count). The van der Waals surface area contributed by atoms with Crippen LogP contribution in [0, 0.1) is 17.8 Å². The Hall–Kier alpha value is -1.51. The second-order valence-electron chi connectivity index (χ2n) is 6.34. The van der Waals surface area contributed by atoms with Gasteiger partial charge >= 0.3 is 5.97 Å². The van der Waals surface area contributed by atoms with Gasteiger partial charge in [0.1, 0.15) is 6.10 Å². The van der Waals surface area contributed by atoms with Crippen molar-refractivity contribution in [2.75, 3.05) is 0 Å². The van der Waals surface area contributed by atoms with Crippen LogP contribution in [0.5, 0.6) is 0 Å². The monoisotopic (exact) mass is 272 g/mol. The third-order valence-corrected chi connectivity index (χ3v) is 5.29. The second-order valence-corrected chi connectivity index (χ2v) is 6.34. The highest BCUT2D eigenvalue weighted by atomic mass is 16.5. The molecule has 0 bridgehead atoms. The summed E-state index contributed by atoms with van der Waals surface area (Å²) < 4.78 is 10.8. The zero-order chi connectivity index (χ0) is 13.5. The Labute approximate surface area is 119 Å². The van der Waals surface area contributed by atoms with Crippen LogP contribution >= 0.6 is 0 Å². The Bertz CT molecular complexity index is 528. The molecule has 1 aromatic rings. The summed E-state index contributed by atoms with van der Waals surface area (Å²) in [7, 11) is 0. The first-order chi connectivity index (χ1) is 9.83. The second kappa shape index (κ2) is 4.80. The van der Waals surface area contributed by atoms with E-state index in [1.54, 1.807) is 18.1 Å². The number of ether oxygens (including phenoxy) is 1. The number of carbonyl (C=O) groups excluding carboxylic acids is 1. The minimum atomic E-state index is -0.121. The lowest BCUT2D eigenvalue weighted by atomic mass is 9.64. The van der Waals surface area contributed by atoms with Gasteiger partial charge in [-0.3, -0.25) is 4.79 Å². The van der Waals surface area contributed by atoms with Crippen LogP contribution in [0.15, 0.2) is 34.7 Å². The molecule has 1 aromatic heterocycles. The number of carbonyl (C=O) groups is 1. The first-order valence-corrected chi connectivity index (χ1v) is 7.75. The Morgan fingerprint density at radius 3 is 2.95 bits per heavy atom. The number of hydrogen-bond acceptors (Lipinski definition) is 3. The summed E-state index contributed by atoms with van der Waals surface area (Å²) in [6.45, 7) is 0. The van der Waals surface area contributed by atoms with Gasteiger partial charge in [-0.2, -0.15) is 0 Å². The number of furan rings is 1. The molecule has 1 aliphatic heterocycles. The van der Waals surface area contributed by atoms with Crippen molar-refractivity contribution in [3.8, 4) is 0 Å². The zero-order valence-electron chi connectivity index (χ0n) is 11.6. The molecule has 0 N–H and O–H groups in total. The summed E-state index contributed by atoms with van der Waals surface area (Å²) in [5.74, 6) is 1.22. The summed E-state index contributed by atoms with van der Waals surface area (Å²) >= 11 is 0. The van der Waals surface area contributed by atoms with Crippen molar-refractivity contribution in [1.82, 2.24) is 0 Å². The van der Waals surface area contributed by atoms with Crippen LogP contribution < -0.4 is 0 Å². The minimum absolute atomic E-state index is 0.00243. The number of esters is 1.